The van der Waals surface area contributed by atoms with Gasteiger partial charge in [0.15, 0.2) is 0 Å². The van der Waals surface area contributed by atoms with Crippen molar-refractivity contribution in [2.75, 3.05) is 7.11 Å². The molecule has 0 saturated carbocycles. The Balaban J connectivity index is 2.29. The molecule has 2 rings (SSSR count). The zero-order chi connectivity index (χ0) is 16.3. The average molecular weight is 321 g/mol. The summed E-state index contributed by atoms with van der Waals surface area (Å²) in [6.07, 6.45) is 0.818. The van der Waals surface area contributed by atoms with Crippen LogP contribution in [0.15, 0.2) is 24.3 Å². The number of esters is 1. The van der Waals surface area contributed by atoms with Crippen LogP contribution >= 0.6 is 11.3 Å². The van der Waals surface area contributed by atoms with Crippen LogP contribution in [0.2, 0.25) is 0 Å². The van der Waals surface area contributed by atoms with E-state index in [4.69, 9.17) is 9.47 Å². The first-order valence-corrected chi connectivity index (χ1v) is 7.41. The van der Waals surface area contributed by atoms with E-state index in [0.717, 1.165) is 16.9 Å². The Morgan fingerprint density at radius 2 is 2.09 bits per heavy atom. The number of hydrogen-bond acceptors (Lipinski definition) is 6. The van der Waals surface area contributed by atoms with Crippen LogP contribution in [0.1, 0.15) is 27.0 Å². The largest absolute Gasteiger partial charge is 0.496 e. The summed E-state index contributed by atoms with van der Waals surface area (Å²) < 4.78 is 10.1. The molecule has 7 heteroatoms. The second kappa shape index (κ2) is 6.57. The van der Waals surface area contributed by atoms with Gasteiger partial charge in [-0.05, 0) is 37.1 Å². The first-order valence-electron chi connectivity index (χ1n) is 6.60. The zero-order valence-corrected chi connectivity index (χ0v) is 13.2. The normalized spacial score (nSPS) is 10.3. The van der Waals surface area contributed by atoms with Crippen molar-refractivity contribution >= 4 is 23.0 Å². The van der Waals surface area contributed by atoms with Gasteiger partial charge in [0.05, 0.1) is 18.1 Å². The standard InChI is InChI=1S/C15H15NO5S/c1-4-10-7-14(22-9(10)2)15(17)21-13-6-5-11(20-3)8-12(13)16(18)19/h5-8H,4H2,1-3H3. The Hall–Kier alpha value is -2.41. The first kappa shape index (κ1) is 16.0. The molecule has 22 heavy (non-hydrogen) atoms. The summed E-state index contributed by atoms with van der Waals surface area (Å²) in [7, 11) is 1.41. The quantitative estimate of drug-likeness (QED) is 0.363. The minimum absolute atomic E-state index is 0.0973. The number of thiophene rings is 1. The lowest BCUT2D eigenvalue weighted by Gasteiger charge is -2.05. The molecule has 1 aromatic carbocycles. The molecule has 0 saturated heterocycles. The van der Waals surface area contributed by atoms with Gasteiger partial charge in [-0.25, -0.2) is 4.79 Å². The molecule has 0 unspecified atom stereocenters. The maximum Gasteiger partial charge on any atom is 0.353 e. The van der Waals surface area contributed by atoms with Gasteiger partial charge in [0, 0.05) is 4.88 Å². The SMILES string of the molecule is CCc1cc(C(=O)Oc2ccc(OC)cc2[N+](=O)[O-])sc1C. The fraction of sp³-hybridized carbons (Fsp3) is 0.267. The smallest absolute Gasteiger partial charge is 0.353 e. The van der Waals surface area contributed by atoms with Gasteiger partial charge in [0.25, 0.3) is 0 Å². The molecule has 0 spiro atoms. The van der Waals surface area contributed by atoms with Crippen molar-refractivity contribution < 1.29 is 19.2 Å². The van der Waals surface area contributed by atoms with E-state index in [9.17, 15) is 14.9 Å². The number of hydrogen-bond donors (Lipinski definition) is 0. The van der Waals surface area contributed by atoms with E-state index in [1.165, 1.54) is 36.6 Å². The maximum absolute atomic E-state index is 12.2. The summed E-state index contributed by atoms with van der Waals surface area (Å²) in [6, 6.07) is 5.85. The number of aryl methyl sites for hydroxylation is 2. The molecule has 116 valence electrons. The lowest BCUT2D eigenvalue weighted by molar-refractivity contribution is -0.385. The van der Waals surface area contributed by atoms with E-state index >= 15 is 0 Å². The van der Waals surface area contributed by atoms with E-state index in [1.54, 1.807) is 6.07 Å². The molecular formula is C15H15NO5S. The van der Waals surface area contributed by atoms with Crippen molar-refractivity contribution in [2.45, 2.75) is 20.3 Å². The monoisotopic (exact) mass is 321 g/mol. The number of carbonyl (C=O) groups excluding carboxylic acids is 1. The zero-order valence-electron chi connectivity index (χ0n) is 12.4. The van der Waals surface area contributed by atoms with Gasteiger partial charge in [-0.3, -0.25) is 10.1 Å². The van der Waals surface area contributed by atoms with Gasteiger partial charge in [-0.15, -0.1) is 11.3 Å². The lowest BCUT2D eigenvalue weighted by Crippen LogP contribution is -2.08. The Kier molecular flexibility index (Phi) is 4.77. The van der Waals surface area contributed by atoms with Crippen LogP contribution in [0.5, 0.6) is 11.5 Å². The van der Waals surface area contributed by atoms with Gasteiger partial charge in [-0.1, -0.05) is 6.92 Å². The van der Waals surface area contributed by atoms with Crippen LogP contribution in [-0.2, 0) is 6.42 Å². The van der Waals surface area contributed by atoms with Crippen molar-refractivity contribution in [3.8, 4) is 11.5 Å². The van der Waals surface area contributed by atoms with Crippen LogP contribution < -0.4 is 9.47 Å². The van der Waals surface area contributed by atoms with Crippen molar-refractivity contribution in [3.05, 3.63) is 49.7 Å². The topological polar surface area (TPSA) is 78.7 Å². The molecule has 6 nitrogen and oxygen atoms in total. The molecule has 0 aliphatic carbocycles. The fourth-order valence-electron chi connectivity index (χ4n) is 1.97. The van der Waals surface area contributed by atoms with E-state index in [1.807, 2.05) is 13.8 Å². The third-order valence-electron chi connectivity index (χ3n) is 3.17. The Morgan fingerprint density at radius 1 is 1.36 bits per heavy atom. The Bertz CT molecular complexity index is 723. The molecule has 1 heterocycles. The third-order valence-corrected chi connectivity index (χ3v) is 4.24. The molecule has 0 radical (unpaired) electrons. The van der Waals surface area contributed by atoms with Crippen LogP contribution in [0.4, 0.5) is 5.69 Å². The van der Waals surface area contributed by atoms with Crippen molar-refractivity contribution in [1.29, 1.82) is 0 Å². The minimum Gasteiger partial charge on any atom is -0.496 e. The van der Waals surface area contributed by atoms with E-state index in [0.29, 0.717) is 10.6 Å². The van der Waals surface area contributed by atoms with Crippen molar-refractivity contribution in [1.82, 2.24) is 0 Å². The number of benzene rings is 1. The number of nitro groups is 1. The summed E-state index contributed by atoms with van der Waals surface area (Å²) >= 11 is 1.32. The molecule has 0 aliphatic rings. The highest BCUT2D eigenvalue weighted by Gasteiger charge is 2.21. The number of rotatable bonds is 5. The number of methoxy groups -OCH3 is 1. The Morgan fingerprint density at radius 3 is 2.64 bits per heavy atom. The van der Waals surface area contributed by atoms with E-state index < -0.39 is 10.9 Å². The Labute approximate surface area is 131 Å². The molecule has 2 aromatic rings. The summed E-state index contributed by atoms with van der Waals surface area (Å²) in [5, 5.41) is 11.1. The third kappa shape index (κ3) is 3.25. The van der Waals surface area contributed by atoms with Crippen LogP contribution in [0.3, 0.4) is 0 Å². The minimum atomic E-state index is -0.609. The predicted molar refractivity (Wildman–Crippen MR) is 83.0 cm³/mol. The second-order valence-electron chi connectivity index (χ2n) is 4.53. The highest BCUT2D eigenvalue weighted by atomic mass is 32.1. The molecule has 0 bridgehead atoms. The molecule has 0 amide bonds. The fourth-order valence-corrected chi connectivity index (χ4v) is 2.97. The van der Waals surface area contributed by atoms with E-state index in [2.05, 4.69) is 0 Å². The summed E-state index contributed by atoms with van der Waals surface area (Å²) in [4.78, 5) is 24.1. The van der Waals surface area contributed by atoms with Crippen molar-refractivity contribution in [3.63, 3.8) is 0 Å². The number of nitro benzene ring substituents is 1. The van der Waals surface area contributed by atoms with Gasteiger partial charge >= 0.3 is 11.7 Å². The maximum atomic E-state index is 12.2. The van der Waals surface area contributed by atoms with Crippen LogP contribution in [0, 0.1) is 17.0 Å². The second-order valence-corrected chi connectivity index (χ2v) is 5.78. The molecule has 0 atom stereocenters. The molecular weight excluding hydrogens is 306 g/mol. The average Bonchev–Trinajstić information content (AvgIpc) is 2.88. The number of nitrogens with zero attached hydrogens (tertiary/aromatic N) is 1. The number of ether oxygens (including phenoxy) is 2. The first-order chi connectivity index (χ1) is 10.5. The van der Waals surface area contributed by atoms with Crippen LogP contribution in [-0.4, -0.2) is 18.0 Å². The summed E-state index contributed by atoms with van der Waals surface area (Å²) in [6.45, 7) is 3.93. The van der Waals surface area contributed by atoms with Gasteiger partial charge < -0.3 is 9.47 Å². The van der Waals surface area contributed by atoms with Gasteiger partial charge in [0.1, 0.15) is 10.6 Å². The van der Waals surface area contributed by atoms with Crippen molar-refractivity contribution in [2.24, 2.45) is 0 Å². The highest BCUT2D eigenvalue weighted by Crippen LogP contribution is 2.32. The molecule has 0 aliphatic heterocycles. The molecule has 0 fully saturated rings. The lowest BCUT2D eigenvalue weighted by atomic mass is 10.2. The van der Waals surface area contributed by atoms with E-state index in [-0.39, 0.29) is 11.4 Å². The summed E-state index contributed by atoms with van der Waals surface area (Å²) in [5.74, 6) is -0.368. The molecule has 0 N–H and O–H groups in total. The molecule has 1 aromatic heterocycles. The predicted octanol–water partition coefficient (Wildman–Crippen LogP) is 3.75. The van der Waals surface area contributed by atoms with Gasteiger partial charge in [0.2, 0.25) is 5.75 Å². The summed E-state index contributed by atoms with van der Waals surface area (Å²) in [5.41, 5.74) is 0.762. The van der Waals surface area contributed by atoms with Gasteiger partial charge in [-0.2, -0.15) is 0 Å². The van der Waals surface area contributed by atoms with Crippen LogP contribution in [0.25, 0.3) is 0 Å². The number of carbonyl (C=O) groups is 1. The highest BCUT2D eigenvalue weighted by molar-refractivity contribution is 7.14.